The van der Waals surface area contributed by atoms with E-state index in [4.69, 9.17) is 9.47 Å². The van der Waals surface area contributed by atoms with Crippen LogP contribution >= 0.6 is 0 Å². The summed E-state index contributed by atoms with van der Waals surface area (Å²) in [5, 5.41) is 5.92. The van der Waals surface area contributed by atoms with Gasteiger partial charge >= 0.3 is 11.9 Å². The molecule has 4 aliphatic rings. The van der Waals surface area contributed by atoms with E-state index in [0.717, 1.165) is 19.3 Å². The van der Waals surface area contributed by atoms with Gasteiger partial charge in [-0.15, -0.1) is 0 Å². The number of hydrogen-bond acceptors (Lipinski definition) is 6. The molecule has 184 valence electrons. The third kappa shape index (κ3) is 2.75. The molecule has 4 bridgehead atoms. The Hall–Kier alpha value is -2.12. The number of rotatable bonds is 8. The first kappa shape index (κ1) is 24.0. The molecule has 2 aliphatic heterocycles. The van der Waals surface area contributed by atoms with E-state index in [0.29, 0.717) is 38.8 Å². The van der Waals surface area contributed by atoms with Gasteiger partial charge in [-0.2, -0.15) is 0 Å². The Morgan fingerprint density at radius 2 is 1.03 bits per heavy atom. The van der Waals surface area contributed by atoms with Crippen LogP contribution in [0.15, 0.2) is 0 Å². The van der Waals surface area contributed by atoms with Crippen LogP contribution in [-0.2, 0) is 28.7 Å². The van der Waals surface area contributed by atoms with Crippen molar-refractivity contribution < 1.29 is 28.7 Å². The van der Waals surface area contributed by atoms with E-state index in [1.54, 1.807) is 0 Å². The van der Waals surface area contributed by atoms with E-state index < -0.39 is 32.9 Å². The van der Waals surface area contributed by atoms with Crippen molar-refractivity contribution in [2.75, 3.05) is 13.1 Å². The van der Waals surface area contributed by atoms with Crippen molar-refractivity contribution in [2.45, 2.75) is 97.7 Å². The van der Waals surface area contributed by atoms with Crippen molar-refractivity contribution in [3.63, 3.8) is 0 Å². The number of amides is 2. The van der Waals surface area contributed by atoms with Gasteiger partial charge in [0, 0.05) is 23.9 Å². The van der Waals surface area contributed by atoms with E-state index >= 15 is 0 Å². The second-order valence-corrected chi connectivity index (χ2v) is 11.9. The summed E-state index contributed by atoms with van der Waals surface area (Å²) in [6.45, 7) is 12.6. The molecule has 4 fully saturated rings. The molecule has 2 aliphatic carbocycles. The molecule has 0 spiro atoms. The minimum absolute atomic E-state index is 0.205. The molecule has 33 heavy (non-hydrogen) atoms. The van der Waals surface area contributed by atoms with E-state index in [9.17, 15) is 19.2 Å². The van der Waals surface area contributed by atoms with Gasteiger partial charge in [-0.1, -0.05) is 27.7 Å². The molecule has 0 aromatic carbocycles. The molecule has 4 atom stereocenters. The smallest absolute Gasteiger partial charge is 0.313 e. The lowest BCUT2D eigenvalue weighted by molar-refractivity contribution is -0.168. The minimum Gasteiger partial charge on any atom is -0.448 e. The molecule has 2 saturated heterocycles. The molecule has 2 amide bonds. The normalized spacial score (nSPS) is 39.3. The molecule has 8 heteroatoms. The van der Waals surface area contributed by atoms with Gasteiger partial charge in [-0.25, -0.2) is 0 Å². The van der Waals surface area contributed by atoms with Crippen molar-refractivity contribution in [2.24, 2.45) is 21.7 Å². The summed E-state index contributed by atoms with van der Waals surface area (Å²) in [5.74, 6) is -0.960. The zero-order valence-electron chi connectivity index (χ0n) is 20.8. The number of unbranched alkanes of at least 4 members (excludes halogenated alkanes) is 2. The SMILES string of the molecule is CC1(C)[C@]2(C)CC[C@]1(C(=O)NCCCCCNC(=O)[C@@]13CC[C@](C)(C(=O)O1)C3(C)C)OC2=O. The lowest BCUT2D eigenvalue weighted by atomic mass is 9.66. The molecule has 4 rings (SSSR count). The highest BCUT2D eigenvalue weighted by molar-refractivity contribution is 5.97. The standard InChI is InChI=1S/C25H38N2O6/c1-20(2)22(5)10-12-24(20,32-18(22)30)16(28)26-14-8-7-9-15-27-17(29)25-13-11-23(6,19(31)33-25)21(25,3)4/h7-15H2,1-6H3,(H,26,28)(H,27,29)/t22-,23-,24-,25-/m1/s1. The third-order valence-corrected chi connectivity index (χ3v) is 10.3. The number of hydrogen-bond donors (Lipinski definition) is 2. The summed E-state index contributed by atoms with van der Waals surface area (Å²) in [6, 6.07) is 0. The third-order valence-electron chi connectivity index (χ3n) is 10.3. The van der Waals surface area contributed by atoms with Gasteiger partial charge in [-0.3, -0.25) is 19.2 Å². The summed E-state index contributed by atoms with van der Waals surface area (Å²) in [4.78, 5) is 50.6. The van der Waals surface area contributed by atoms with Crippen LogP contribution in [0.3, 0.4) is 0 Å². The average molecular weight is 463 g/mol. The lowest BCUT2D eigenvalue weighted by Gasteiger charge is -2.35. The first-order valence-electron chi connectivity index (χ1n) is 12.3. The van der Waals surface area contributed by atoms with Crippen molar-refractivity contribution in [3.8, 4) is 0 Å². The molecule has 2 saturated carbocycles. The molecule has 8 nitrogen and oxygen atoms in total. The van der Waals surface area contributed by atoms with Crippen LogP contribution in [0.25, 0.3) is 0 Å². The van der Waals surface area contributed by atoms with Crippen LogP contribution < -0.4 is 10.6 Å². The van der Waals surface area contributed by atoms with Crippen molar-refractivity contribution in [3.05, 3.63) is 0 Å². The average Bonchev–Trinajstić information content (AvgIpc) is 3.20. The minimum atomic E-state index is -1.08. The first-order valence-corrected chi connectivity index (χ1v) is 12.3. The second-order valence-electron chi connectivity index (χ2n) is 11.9. The van der Waals surface area contributed by atoms with Gasteiger partial charge in [0.1, 0.15) is 0 Å². The highest BCUT2D eigenvalue weighted by Gasteiger charge is 2.76. The van der Waals surface area contributed by atoms with Crippen molar-refractivity contribution in [1.82, 2.24) is 10.6 Å². The Balaban J connectivity index is 1.20. The van der Waals surface area contributed by atoms with Crippen LogP contribution in [-0.4, -0.2) is 48.0 Å². The second kappa shape index (κ2) is 7.19. The number of carbonyl (C=O) groups is 4. The van der Waals surface area contributed by atoms with E-state index in [2.05, 4.69) is 10.6 Å². The van der Waals surface area contributed by atoms with Crippen molar-refractivity contribution in [1.29, 1.82) is 0 Å². The van der Waals surface area contributed by atoms with E-state index in [-0.39, 0.29) is 23.8 Å². The lowest BCUT2D eigenvalue weighted by Crippen LogP contribution is -2.53. The molecule has 0 aromatic rings. The van der Waals surface area contributed by atoms with Crippen LogP contribution in [0.1, 0.15) is 86.5 Å². The summed E-state index contributed by atoms with van der Waals surface area (Å²) in [7, 11) is 0. The predicted octanol–water partition coefficient (Wildman–Crippen LogP) is 2.63. The molecule has 2 N–H and O–H groups in total. The van der Waals surface area contributed by atoms with E-state index in [1.165, 1.54) is 0 Å². The molecular formula is C25H38N2O6. The molecule has 2 heterocycles. The molecule has 0 unspecified atom stereocenters. The quantitative estimate of drug-likeness (QED) is 0.424. The largest absolute Gasteiger partial charge is 0.448 e. The summed E-state index contributed by atoms with van der Waals surface area (Å²) < 4.78 is 11.2. The van der Waals surface area contributed by atoms with Crippen LogP contribution in [0, 0.1) is 21.7 Å². The number of ether oxygens (including phenoxy) is 2. The molecule has 0 aromatic heterocycles. The number of esters is 2. The fourth-order valence-corrected chi connectivity index (χ4v) is 6.61. The highest BCUT2D eigenvalue weighted by atomic mass is 16.6. The van der Waals surface area contributed by atoms with Crippen LogP contribution in [0.2, 0.25) is 0 Å². The first-order chi connectivity index (χ1) is 15.2. The summed E-state index contributed by atoms with van der Waals surface area (Å²) >= 11 is 0. The zero-order chi connectivity index (χ0) is 24.5. The zero-order valence-corrected chi connectivity index (χ0v) is 20.8. The highest BCUT2D eigenvalue weighted by Crippen LogP contribution is 2.66. The fourth-order valence-electron chi connectivity index (χ4n) is 6.61. The summed E-state index contributed by atoms with van der Waals surface area (Å²) in [5.41, 5.74) is -4.46. The van der Waals surface area contributed by atoms with Gasteiger partial charge in [0.05, 0.1) is 10.8 Å². The molecule has 0 radical (unpaired) electrons. The maximum absolute atomic E-state index is 13.0. The number of nitrogens with one attached hydrogen (secondary N) is 2. The Kier molecular flexibility index (Phi) is 5.23. The van der Waals surface area contributed by atoms with Crippen LogP contribution in [0.4, 0.5) is 0 Å². The van der Waals surface area contributed by atoms with Gasteiger partial charge < -0.3 is 20.1 Å². The van der Waals surface area contributed by atoms with Gasteiger partial charge in [-0.05, 0) is 58.8 Å². The van der Waals surface area contributed by atoms with E-state index in [1.807, 2.05) is 41.5 Å². The van der Waals surface area contributed by atoms with Gasteiger partial charge in [0.2, 0.25) is 0 Å². The fraction of sp³-hybridized carbons (Fsp3) is 0.840. The Morgan fingerprint density at radius 3 is 1.30 bits per heavy atom. The van der Waals surface area contributed by atoms with Crippen molar-refractivity contribution >= 4 is 23.8 Å². The maximum atomic E-state index is 13.0. The predicted molar refractivity (Wildman–Crippen MR) is 120 cm³/mol. The van der Waals surface area contributed by atoms with Gasteiger partial charge in [0.15, 0.2) is 11.2 Å². The number of fused-ring (bicyclic) bond motifs is 4. The van der Waals surface area contributed by atoms with Gasteiger partial charge in [0.25, 0.3) is 11.8 Å². The Bertz CT molecular complexity index is 841. The monoisotopic (exact) mass is 462 g/mol. The molecular weight excluding hydrogens is 424 g/mol. The number of carbonyl (C=O) groups excluding carboxylic acids is 4. The Morgan fingerprint density at radius 1 is 0.667 bits per heavy atom. The topological polar surface area (TPSA) is 111 Å². The summed E-state index contributed by atoms with van der Waals surface area (Å²) in [6.07, 6.45) is 4.78. The Labute approximate surface area is 195 Å². The van der Waals surface area contributed by atoms with Crippen LogP contribution in [0.5, 0.6) is 0 Å². The maximum Gasteiger partial charge on any atom is 0.313 e.